The molecular formula is C16H16ClN5O2. The largest absolute Gasteiger partial charge is 0.344 e. The van der Waals surface area contributed by atoms with Gasteiger partial charge in [0.05, 0.1) is 23.3 Å². The summed E-state index contributed by atoms with van der Waals surface area (Å²) in [5.41, 5.74) is 3.61. The Hall–Kier alpha value is -2.67. The lowest BCUT2D eigenvalue weighted by Gasteiger charge is -2.08. The molecular weight excluding hydrogens is 330 g/mol. The number of amides is 1. The van der Waals surface area contributed by atoms with Crippen molar-refractivity contribution < 1.29 is 9.32 Å². The minimum absolute atomic E-state index is 0.134. The van der Waals surface area contributed by atoms with Crippen LogP contribution >= 0.6 is 11.6 Å². The lowest BCUT2D eigenvalue weighted by atomic mass is 10.1. The van der Waals surface area contributed by atoms with Gasteiger partial charge in [0.1, 0.15) is 0 Å². The van der Waals surface area contributed by atoms with Gasteiger partial charge in [-0.1, -0.05) is 5.16 Å². The molecule has 0 aliphatic rings. The minimum Gasteiger partial charge on any atom is -0.344 e. The van der Waals surface area contributed by atoms with E-state index in [-0.39, 0.29) is 17.5 Å². The van der Waals surface area contributed by atoms with Crippen LogP contribution < -0.4 is 5.32 Å². The predicted octanol–water partition coefficient (Wildman–Crippen LogP) is 3.00. The van der Waals surface area contributed by atoms with Crippen LogP contribution in [0.25, 0.3) is 11.3 Å². The van der Waals surface area contributed by atoms with Crippen LogP contribution in [0.15, 0.2) is 35.2 Å². The second-order valence-corrected chi connectivity index (χ2v) is 5.71. The van der Waals surface area contributed by atoms with Crippen LogP contribution in [0.4, 0.5) is 5.69 Å². The van der Waals surface area contributed by atoms with Crippen LogP contribution in [-0.4, -0.2) is 25.8 Å². The van der Waals surface area contributed by atoms with Gasteiger partial charge in [-0.05, 0) is 37.1 Å². The predicted molar refractivity (Wildman–Crippen MR) is 89.6 cm³/mol. The molecule has 3 rings (SSSR count). The van der Waals surface area contributed by atoms with Gasteiger partial charge in [0.2, 0.25) is 11.1 Å². The Morgan fingerprint density at radius 2 is 2.29 bits per heavy atom. The summed E-state index contributed by atoms with van der Waals surface area (Å²) < 4.78 is 6.58. The topological polar surface area (TPSA) is 85.8 Å². The van der Waals surface area contributed by atoms with E-state index in [1.54, 1.807) is 30.1 Å². The maximum atomic E-state index is 12.3. The van der Waals surface area contributed by atoms with Gasteiger partial charge in [0, 0.05) is 37.0 Å². The SMILES string of the molecule is Cc1noc(Cl)c1CCC(=O)Nc1cccnc1-c1cnn(C)c1. The molecule has 0 bridgehead atoms. The Morgan fingerprint density at radius 1 is 1.46 bits per heavy atom. The first kappa shape index (κ1) is 16.2. The highest BCUT2D eigenvalue weighted by Gasteiger charge is 2.14. The van der Waals surface area contributed by atoms with Crippen LogP contribution in [0.5, 0.6) is 0 Å². The number of nitrogens with zero attached hydrogens (tertiary/aromatic N) is 4. The molecule has 24 heavy (non-hydrogen) atoms. The fourth-order valence-corrected chi connectivity index (χ4v) is 2.64. The van der Waals surface area contributed by atoms with E-state index in [2.05, 4.69) is 20.6 Å². The summed E-state index contributed by atoms with van der Waals surface area (Å²) in [4.78, 5) is 16.6. The fraction of sp³-hybridized carbons (Fsp3) is 0.250. The second-order valence-electron chi connectivity index (χ2n) is 5.37. The van der Waals surface area contributed by atoms with Crippen molar-refractivity contribution in [2.45, 2.75) is 19.8 Å². The Kier molecular flexibility index (Phi) is 4.61. The monoisotopic (exact) mass is 345 g/mol. The molecule has 8 heteroatoms. The Morgan fingerprint density at radius 3 is 2.96 bits per heavy atom. The van der Waals surface area contributed by atoms with E-state index in [9.17, 15) is 4.79 Å². The zero-order valence-corrected chi connectivity index (χ0v) is 14.0. The first-order valence-corrected chi connectivity index (χ1v) is 7.77. The maximum absolute atomic E-state index is 12.3. The van der Waals surface area contributed by atoms with Gasteiger partial charge in [-0.25, -0.2) is 0 Å². The standard InChI is InChI=1S/C16H16ClN5O2/c1-10-12(16(17)24-21-10)5-6-14(23)20-13-4-3-7-18-15(13)11-8-19-22(2)9-11/h3-4,7-9H,5-6H2,1-2H3,(H,20,23). The third-order valence-electron chi connectivity index (χ3n) is 3.60. The third kappa shape index (κ3) is 3.46. The van der Waals surface area contributed by atoms with Crippen LogP contribution in [0.1, 0.15) is 17.7 Å². The molecule has 3 aromatic rings. The highest BCUT2D eigenvalue weighted by molar-refractivity contribution is 6.29. The number of nitrogens with one attached hydrogen (secondary N) is 1. The number of rotatable bonds is 5. The molecule has 0 aliphatic carbocycles. The number of hydrogen-bond donors (Lipinski definition) is 1. The molecule has 0 saturated heterocycles. The van der Waals surface area contributed by atoms with E-state index >= 15 is 0 Å². The summed E-state index contributed by atoms with van der Waals surface area (Å²) >= 11 is 5.92. The number of hydrogen-bond acceptors (Lipinski definition) is 5. The first-order valence-electron chi connectivity index (χ1n) is 7.39. The van der Waals surface area contributed by atoms with E-state index in [0.29, 0.717) is 23.5 Å². The van der Waals surface area contributed by atoms with Crippen molar-refractivity contribution in [2.75, 3.05) is 5.32 Å². The van der Waals surface area contributed by atoms with Gasteiger partial charge in [-0.15, -0.1) is 0 Å². The number of aromatic nitrogens is 4. The molecule has 0 aromatic carbocycles. The van der Waals surface area contributed by atoms with Crippen molar-refractivity contribution in [3.63, 3.8) is 0 Å². The molecule has 0 atom stereocenters. The summed E-state index contributed by atoms with van der Waals surface area (Å²) in [7, 11) is 1.83. The molecule has 1 N–H and O–H groups in total. The Balaban J connectivity index is 1.71. The molecule has 1 amide bonds. The zero-order valence-electron chi connectivity index (χ0n) is 13.3. The average molecular weight is 346 g/mol. The van der Waals surface area contributed by atoms with Crippen molar-refractivity contribution in [1.29, 1.82) is 0 Å². The lowest BCUT2D eigenvalue weighted by molar-refractivity contribution is -0.116. The molecule has 0 radical (unpaired) electrons. The maximum Gasteiger partial charge on any atom is 0.229 e. The summed E-state index contributed by atoms with van der Waals surface area (Å²) in [5.74, 6) is -0.134. The summed E-state index contributed by atoms with van der Waals surface area (Å²) in [6, 6.07) is 3.58. The zero-order chi connectivity index (χ0) is 17.1. The molecule has 0 unspecified atom stereocenters. The Labute approximate surface area is 143 Å². The average Bonchev–Trinajstić information content (AvgIpc) is 3.12. The van der Waals surface area contributed by atoms with Gasteiger partial charge in [0.15, 0.2) is 0 Å². The molecule has 7 nitrogen and oxygen atoms in total. The van der Waals surface area contributed by atoms with E-state index in [1.165, 1.54) is 0 Å². The second kappa shape index (κ2) is 6.84. The summed E-state index contributed by atoms with van der Waals surface area (Å²) in [6.07, 6.45) is 5.96. The van der Waals surface area contributed by atoms with Gasteiger partial charge < -0.3 is 9.84 Å². The van der Waals surface area contributed by atoms with Crippen molar-refractivity contribution >= 4 is 23.2 Å². The number of carbonyl (C=O) groups is 1. The number of aryl methyl sites for hydroxylation is 2. The highest BCUT2D eigenvalue weighted by Crippen LogP contribution is 2.25. The van der Waals surface area contributed by atoms with Gasteiger partial charge in [-0.2, -0.15) is 5.10 Å². The molecule has 3 aromatic heterocycles. The van der Waals surface area contributed by atoms with Gasteiger partial charge >= 0.3 is 0 Å². The van der Waals surface area contributed by atoms with E-state index < -0.39 is 0 Å². The van der Waals surface area contributed by atoms with E-state index in [0.717, 1.165) is 11.1 Å². The lowest BCUT2D eigenvalue weighted by Crippen LogP contribution is -2.13. The smallest absolute Gasteiger partial charge is 0.229 e. The summed E-state index contributed by atoms with van der Waals surface area (Å²) in [5, 5.41) is 11.0. The van der Waals surface area contributed by atoms with E-state index in [4.69, 9.17) is 16.1 Å². The minimum atomic E-state index is -0.134. The van der Waals surface area contributed by atoms with Crippen molar-refractivity contribution in [1.82, 2.24) is 19.9 Å². The van der Waals surface area contributed by atoms with Crippen molar-refractivity contribution in [3.05, 3.63) is 47.2 Å². The van der Waals surface area contributed by atoms with Crippen molar-refractivity contribution in [2.24, 2.45) is 7.05 Å². The van der Waals surface area contributed by atoms with Crippen LogP contribution in [0.2, 0.25) is 5.22 Å². The summed E-state index contributed by atoms with van der Waals surface area (Å²) in [6.45, 7) is 1.80. The Bertz CT molecular complexity index is 851. The van der Waals surface area contributed by atoms with Crippen LogP contribution in [0, 0.1) is 6.92 Å². The van der Waals surface area contributed by atoms with E-state index in [1.807, 2.05) is 19.3 Å². The molecule has 0 aliphatic heterocycles. The quantitative estimate of drug-likeness (QED) is 0.768. The first-order chi connectivity index (χ1) is 11.5. The molecule has 3 heterocycles. The molecule has 124 valence electrons. The van der Waals surface area contributed by atoms with Crippen molar-refractivity contribution in [3.8, 4) is 11.3 Å². The number of pyridine rings is 1. The number of halogens is 1. The number of carbonyl (C=O) groups excluding carboxylic acids is 1. The normalized spacial score (nSPS) is 10.8. The van der Waals surface area contributed by atoms with Crippen LogP contribution in [-0.2, 0) is 18.3 Å². The molecule has 0 saturated carbocycles. The van der Waals surface area contributed by atoms with Gasteiger partial charge in [0.25, 0.3) is 0 Å². The number of anilines is 1. The molecule has 0 fully saturated rings. The fourth-order valence-electron chi connectivity index (χ4n) is 2.37. The third-order valence-corrected chi connectivity index (χ3v) is 3.90. The van der Waals surface area contributed by atoms with Gasteiger partial charge in [-0.3, -0.25) is 14.5 Å². The highest BCUT2D eigenvalue weighted by atomic mass is 35.5. The van der Waals surface area contributed by atoms with Crippen LogP contribution in [0.3, 0.4) is 0 Å². The molecule has 0 spiro atoms.